The molecular formula is C128H100N2. The maximum Gasteiger partial charge on any atom is 0.0462 e. The highest BCUT2D eigenvalue weighted by molar-refractivity contribution is 6.24. The molecule has 0 saturated heterocycles. The Morgan fingerprint density at radius 2 is 0.369 bits per heavy atom. The van der Waals surface area contributed by atoms with Gasteiger partial charge in [0, 0.05) is 34.1 Å². The Balaban J connectivity index is 0.000000128. The molecule has 0 unspecified atom stereocenters. The number of benzene rings is 22. The molecule has 0 saturated carbocycles. The number of rotatable bonds is 15. The zero-order valence-electron chi connectivity index (χ0n) is 74.5. The van der Waals surface area contributed by atoms with Crippen LogP contribution in [0.2, 0.25) is 0 Å². The SMILES string of the molecule is CC(C)(C)c1ccc2c(-c3ccc4ccccc4c3)c3ccccc3c(-c3ccc4ccccc4c3)c2c1.Cc1ccc(N(c2ccc(C)cc2)c2ccc(/C=C/c3ccc(-c4ccc(/C=C/c5ccc(N(c6ccc(C)cc6)c6ccc(C)cc6)cc5)cc4)cc3)cc2)cc1.c1ccc2cc(-c3c4ccccc4c(-c4ccc5ccccc5c4)c4ccccc34)ccc2c1. The van der Waals surface area contributed by atoms with Crippen LogP contribution in [0.1, 0.15) is 70.8 Å². The smallest absolute Gasteiger partial charge is 0.0462 e. The Morgan fingerprint density at radius 1 is 0.169 bits per heavy atom. The monoisotopic (exact) mass is 1660 g/mol. The maximum absolute atomic E-state index is 2.44. The molecule has 22 aromatic carbocycles. The predicted octanol–water partition coefficient (Wildman–Crippen LogP) is 36.4. The largest absolute Gasteiger partial charge is 0.311 e. The van der Waals surface area contributed by atoms with Gasteiger partial charge in [0.05, 0.1) is 0 Å². The summed E-state index contributed by atoms with van der Waals surface area (Å²) >= 11 is 0. The molecule has 22 aromatic rings. The Bertz CT molecular complexity index is 7490. The van der Waals surface area contributed by atoms with Crippen LogP contribution in [0.4, 0.5) is 34.1 Å². The summed E-state index contributed by atoms with van der Waals surface area (Å²) in [6.07, 6.45) is 8.72. The average molecular weight is 1670 g/mol. The van der Waals surface area contributed by atoms with E-state index < -0.39 is 0 Å². The van der Waals surface area contributed by atoms with Crippen LogP contribution in [0.25, 0.3) is 166 Å². The third-order valence-electron chi connectivity index (χ3n) is 25.5. The van der Waals surface area contributed by atoms with Gasteiger partial charge in [-0.25, -0.2) is 0 Å². The minimum atomic E-state index is 0.0591. The van der Waals surface area contributed by atoms with E-state index in [2.05, 4.69) is 538 Å². The third kappa shape index (κ3) is 17.4. The maximum atomic E-state index is 2.44. The zero-order valence-corrected chi connectivity index (χ0v) is 74.5. The van der Waals surface area contributed by atoms with Gasteiger partial charge in [0.1, 0.15) is 0 Å². The van der Waals surface area contributed by atoms with Crippen LogP contribution in [0.5, 0.6) is 0 Å². The highest BCUT2D eigenvalue weighted by Gasteiger charge is 2.24. The second-order valence-electron chi connectivity index (χ2n) is 35.5. The van der Waals surface area contributed by atoms with E-state index in [0.29, 0.717) is 0 Å². The van der Waals surface area contributed by atoms with Gasteiger partial charge in [0.25, 0.3) is 0 Å². The van der Waals surface area contributed by atoms with Crippen molar-refractivity contribution in [1.29, 1.82) is 0 Å². The summed E-state index contributed by atoms with van der Waals surface area (Å²) in [5.74, 6) is 0. The van der Waals surface area contributed by atoms with E-state index in [4.69, 9.17) is 0 Å². The molecule has 622 valence electrons. The van der Waals surface area contributed by atoms with E-state index in [-0.39, 0.29) is 5.41 Å². The van der Waals surface area contributed by atoms with Gasteiger partial charge in [-0.1, -0.05) is 419 Å². The molecule has 0 aliphatic carbocycles. The highest BCUT2D eigenvalue weighted by atomic mass is 15.1. The van der Waals surface area contributed by atoms with Crippen LogP contribution in [0.3, 0.4) is 0 Å². The summed E-state index contributed by atoms with van der Waals surface area (Å²) in [5.41, 5.74) is 30.6. The molecular weight excluding hydrogens is 1570 g/mol. The first-order valence-corrected chi connectivity index (χ1v) is 45.2. The van der Waals surface area contributed by atoms with Crippen LogP contribution in [-0.4, -0.2) is 0 Å². The first-order valence-electron chi connectivity index (χ1n) is 45.2. The summed E-state index contributed by atoms with van der Waals surface area (Å²) in [6, 6.07) is 166. The fraction of sp³-hybridized carbons (Fsp3) is 0.0625. The highest BCUT2D eigenvalue weighted by Crippen LogP contribution is 2.49. The van der Waals surface area contributed by atoms with E-state index in [1.807, 2.05) is 0 Å². The first kappa shape index (κ1) is 82.3. The van der Waals surface area contributed by atoms with E-state index in [0.717, 1.165) is 45.3 Å². The molecule has 0 radical (unpaired) electrons. The second kappa shape index (κ2) is 36.2. The van der Waals surface area contributed by atoms with Crippen molar-refractivity contribution in [1.82, 2.24) is 0 Å². The molecule has 0 heterocycles. The van der Waals surface area contributed by atoms with E-state index in [1.54, 1.807) is 0 Å². The van der Waals surface area contributed by atoms with Crippen molar-refractivity contribution in [3.63, 3.8) is 0 Å². The number of hydrogen-bond donors (Lipinski definition) is 0. The summed E-state index contributed by atoms with van der Waals surface area (Å²) < 4.78 is 0. The summed E-state index contributed by atoms with van der Waals surface area (Å²) in [7, 11) is 0. The molecule has 0 atom stereocenters. The predicted molar refractivity (Wildman–Crippen MR) is 564 cm³/mol. The van der Waals surface area contributed by atoms with Crippen LogP contribution >= 0.6 is 0 Å². The minimum absolute atomic E-state index is 0.0591. The fourth-order valence-corrected chi connectivity index (χ4v) is 18.5. The number of anilines is 6. The summed E-state index contributed by atoms with van der Waals surface area (Å²) in [5, 5.41) is 20.5. The Hall–Kier alpha value is -16.0. The fourth-order valence-electron chi connectivity index (χ4n) is 18.5. The van der Waals surface area contributed by atoms with Crippen molar-refractivity contribution in [3.05, 3.63) is 505 Å². The van der Waals surface area contributed by atoms with Gasteiger partial charge in [-0.2, -0.15) is 0 Å². The number of hydrogen-bond acceptors (Lipinski definition) is 2. The summed E-state index contributed by atoms with van der Waals surface area (Å²) in [6.45, 7) is 15.4. The Morgan fingerprint density at radius 3 is 0.615 bits per heavy atom. The van der Waals surface area contributed by atoms with Gasteiger partial charge < -0.3 is 9.80 Å². The van der Waals surface area contributed by atoms with Crippen molar-refractivity contribution in [2.75, 3.05) is 9.80 Å². The Labute approximate surface area is 763 Å². The number of nitrogens with zero attached hydrogens (tertiary/aromatic N) is 2. The minimum Gasteiger partial charge on any atom is -0.311 e. The van der Waals surface area contributed by atoms with Crippen molar-refractivity contribution >= 4 is 145 Å². The number of fused-ring (bicyclic) bond motifs is 8. The Kier molecular flexibility index (Phi) is 22.9. The van der Waals surface area contributed by atoms with Crippen molar-refractivity contribution in [2.45, 2.75) is 53.9 Å². The molecule has 0 aromatic heterocycles. The quantitative estimate of drug-likeness (QED) is 0.0746. The average Bonchev–Trinajstić information content (AvgIpc) is 0.717. The molecule has 2 heteroatoms. The van der Waals surface area contributed by atoms with Gasteiger partial charge in [-0.3, -0.25) is 0 Å². The number of aryl methyl sites for hydroxylation is 4. The molecule has 2 nitrogen and oxygen atoms in total. The van der Waals surface area contributed by atoms with Gasteiger partial charge in [-0.15, -0.1) is 0 Å². The van der Waals surface area contributed by atoms with E-state index >= 15 is 0 Å². The standard InChI is InChI=1S/C56H48N2.C38H30.C34H22/c1-41-5-29-51(30-6-41)57(52-31-7-42(2)8-32-52)55-37-21-47(22-38-55)15-13-45-17-25-49(26-18-45)50-27-19-46(20-28-50)14-16-48-23-39-56(40-24-48)58(53-33-9-43(3)10-34-53)54-35-11-44(4)12-36-54;1-38(2,3)31-20-21-34-35(24-31)37(30-19-17-26-11-5-7-13-28(26)23-30)33-15-9-8-14-32(33)36(34)29-18-16-25-10-4-6-12-27(25)22-29;1-3-11-25-21-27(19-17-23(25)9-1)33-29-13-5-7-15-31(29)34(32-16-8-6-14-30(32)33)28-20-18-24-10-2-4-12-26(24)22-28/h5-40H,1-4H3;4-24H,1-3H3;1-22H/b15-13+,16-14+;;. The normalized spacial score (nSPS) is 11.6. The van der Waals surface area contributed by atoms with Gasteiger partial charge >= 0.3 is 0 Å². The molecule has 22 rings (SSSR count). The molecule has 0 aliphatic rings. The molecule has 0 aliphatic heterocycles. The van der Waals surface area contributed by atoms with Crippen LogP contribution in [-0.2, 0) is 5.41 Å². The third-order valence-corrected chi connectivity index (χ3v) is 25.5. The topological polar surface area (TPSA) is 6.48 Å². The lowest BCUT2D eigenvalue weighted by molar-refractivity contribution is 0.591. The zero-order chi connectivity index (χ0) is 88.2. The van der Waals surface area contributed by atoms with Gasteiger partial charge in [0.15, 0.2) is 0 Å². The molecule has 130 heavy (non-hydrogen) atoms. The van der Waals surface area contributed by atoms with Gasteiger partial charge in [0.2, 0.25) is 0 Å². The van der Waals surface area contributed by atoms with Gasteiger partial charge in [-0.05, 0) is 306 Å². The van der Waals surface area contributed by atoms with Crippen molar-refractivity contribution in [3.8, 4) is 55.6 Å². The lowest BCUT2D eigenvalue weighted by Gasteiger charge is -2.25. The van der Waals surface area contributed by atoms with Crippen molar-refractivity contribution in [2.24, 2.45) is 0 Å². The van der Waals surface area contributed by atoms with E-state index in [9.17, 15) is 0 Å². The first-order chi connectivity index (χ1) is 63.7. The molecule has 0 fully saturated rings. The second-order valence-corrected chi connectivity index (χ2v) is 35.5. The molecule has 0 bridgehead atoms. The van der Waals surface area contributed by atoms with Crippen LogP contribution < -0.4 is 9.80 Å². The molecule has 0 spiro atoms. The van der Waals surface area contributed by atoms with Crippen LogP contribution in [0.15, 0.2) is 455 Å². The molecule has 0 amide bonds. The van der Waals surface area contributed by atoms with Crippen LogP contribution in [0, 0.1) is 27.7 Å². The molecule has 0 N–H and O–H groups in total. The lowest BCUT2D eigenvalue weighted by Crippen LogP contribution is -2.10. The van der Waals surface area contributed by atoms with E-state index in [1.165, 1.54) is 181 Å². The van der Waals surface area contributed by atoms with Crippen molar-refractivity contribution < 1.29 is 0 Å². The summed E-state index contributed by atoms with van der Waals surface area (Å²) in [4.78, 5) is 4.61. The lowest BCUT2D eigenvalue weighted by atomic mass is 9.81.